The maximum atomic E-state index is 13.5. The summed E-state index contributed by atoms with van der Waals surface area (Å²) >= 11 is 1.34. The van der Waals surface area contributed by atoms with Gasteiger partial charge in [-0.25, -0.2) is 4.98 Å². The molecular formula is C27H27N3O4S. The Morgan fingerprint density at radius 1 is 1.17 bits per heavy atom. The second-order valence-corrected chi connectivity index (χ2v) is 9.64. The third-order valence-corrected chi connectivity index (χ3v) is 7.66. The summed E-state index contributed by atoms with van der Waals surface area (Å²) in [6.07, 6.45) is 0. The lowest BCUT2D eigenvalue weighted by Gasteiger charge is -2.30. The van der Waals surface area contributed by atoms with E-state index in [2.05, 4.69) is 16.3 Å². The van der Waals surface area contributed by atoms with Crippen LogP contribution in [0.2, 0.25) is 0 Å². The molecule has 0 radical (unpaired) electrons. The second-order valence-electron chi connectivity index (χ2n) is 8.62. The molecule has 2 aromatic heterocycles. The van der Waals surface area contributed by atoms with Gasteiger partial charge in [-0.2, -0.15) is 0 Å². The summed E-state index contributed by atoms with van der Waals surface area (Å²) in [5, 5.41) is 4.97. The van der Waals surface area contributed by atoms with Crippen LogP contribution in [0.1, 0.15) is 38.1 Å². The highest BCUT2D eigenvalue weighted by atomic mass is 32.1. The number of aryl methyl sites for hydroxylation is 1. The molecule has 5 rings (SSSR count). The van der Waals surface area contributed by atoms with Crippen molar-refractivity contribution in [3.05, 3.63) is 64.0 Å². The number of anilines is 2. The van der Waals surface area contributed by atoms with E-state index in [1.165, 1.54) is 11.3 Å². The van der Waals surface area contributed by atoms with Crippen molar-refractivity contribution in [1.29, 1.82) is 0 Å². The molecular weight excluding hydrogens is 462 g/mol. The van der Waals surface area contributed by atoms with Crippen LogP contribution in [-0.4, -0.2) is 50.1 Å². The first kappa shape index (κ1) is 23.4. The first-order valence-electron chi connectivity index (χ1n) is 11.6. The van der Waals surface area contributed by atoms with Crippen LogP contribution in [0.3, 0.4) is 0 Å². The smallest absolute Gasteiger partial charge is 0.267 e. The minimum Gasteiger partial charge on any atom is -0.380 e. The van der Waals surface area contributed by atoms with Crippen molar-refractivity contribution in [3.63, 3.8) is 0 Å². The second kappa shape index (κ2) is 9.73. The van der Waals surface area contributed by atoms with Gasteiger partial charge in [-0.3, -0.25) is 9.59 Å². The molecule has 1 aliphatic rings. The van der Waals surface area contributed by atoms with Crippen molar-refractivity contribution in [1.82, 2.24) is 4.98 Å². The number of rotatable bonds is 6. The lowest BCUT2D eigenvalue weighted by Crippen LogP contribution is -2.36. The Morgan fingerprint density at radius 3 is 2.69 bits per heavy atom. The molecule has 180 valence electrons. The van der Waals surface area contributed by atoms with Crippen LogP contribution in [0.15, 0.2) is 42.5 Å². The van der Waals surface area contributed by atoms with E-state index in [0.29, 0.717) is 36.1 Å². The van der Waals surface area contributed by atoms with Crippen molar-refractivity contribution < 1.29 is 19.1 Å². The molecule has 8 heteroatoms. The number of Topliss-reactive ketones (excluding diaryl/α,β-unsaturated/α-hetero) is 1. The number of methoxy groups -OCH3 is 1. The molecule has 2 aromatic carbocycles. The number of thiophene rings is 1. The van der Waals surface area contributed by atoms with Gasteiger partial charge >= 0.3 is 0 Å². The number of hydrogen-bond donors (Lipinski definition) is 1. The zero-order chi connectivity index (χ0) is 24.5. The van der Waals surface area contributed by atoms with Crippen molar-refractivity contribution >= 4 is 55.5 Å². The fourth-order valence-corrected chi connectivity index (χ4v) is 5.97. The number of benzene rings is 2. The van der Waals surface area contributed by atoms with Gasteiger partial charge < -0.3 is 19.7 Å². The van der Waals surface area contributed by atoms with Gasteiger partial charge in [-0.15, -0.1) is 11.3 Å². The Balaban J connectivity index is 1.55. The fourth-order valence-electron chi connectivity index (χ4n) is 4.66. The predicted octanol–water partition coefficient (Wildman–Crippen LogP) is 5.20. The molecule has 0 bridgehead atoms. The maximum Gasteiger partial charge on any atom is 0.267 e. The number of para-hydroxylation sites is 1. The lowest BCUT2D eigenvalue weighted by molar-refractivity contribution is 0.101. The number of fused-ring (bicyclic) bond motifs is 2. The number of amides is 1. The molecule has 7 nitrogen and oxygen atoms in total. The van der Waals surface area contributed by atoms with E-state index >= 15 is 0 Å². The van der Waals surface area contributed by atoms with Gasteiger partial charge in [0.25, 0.3) is 5.91 Å². The minimum absolute atomic E-state index is 0.0291. The summed E-state index contributed by atoms with van der Waals surface area (Å²) < 4.78 is 11.7. The summed E-state index contributed by atoms with van der Waals surface area (Å²) in [7, 11) is 1.64. The van der Waals surface area contributed by atoms with Gasteiger partial charge in [0.05, 0.1) is 30.2 Å². The van der Waals surface area contributed by atoms with Gasteiger partial charge in [0.1, 0.15) is 5.82 Å². The summed E-state index contributed by atoms with van der Waals surface area (Å²) in [4.78, 5) is 33.3. The Kier molecular flexibility index (Phi) is 6.51. The molecule has 1 amide bonds. The predicted molar refractivity (Wildman–Crippen MR) is 140 cm³/mol. The van der Waals surface area contributed by atoms with Crippen LogP contribution in [0, 0.1) is 6.92 Å². The molecule has 0 atom stereocenters. The number of carbonyl (C=O) groups excluding carboxylic acids is 2. The summed E-state index contributed by atoms with van der Waals surface area (Å²) in [6, 6.07) is 13.6. The number of morpholine rings is 1. The highest BCUT2D eigenvalue weighted by Crippen LogP contribution is 2.37. The maximum absolute atomic E-state index is 13.5. The third-order valence-electron chi connectivity index (χ3n) is 6.34. The normalized spacial score (nSPS) is 14.0. The van der Waals surface area contributed by atoms with Crippen molar-refractivity contribution in [2.24, 2.45) is 0 Å². The quantitative estimate of drug-likeness (QED) is 0.375. The van der Waals surface area contributed by atoms with E-state index in [-0.39, 0.29) is 11.7 Å². The van der Waals surface area contributed by atoms with Crippen molar-refractivity contribution in [2.75, 3.05) is 43.6 Å². The van der Waals surface area contributed by atoms with Crippen LogP contribution in [-0.2, 0) is 16.1 Å². The van der Waals surface area contributed by atoms with E-state index < -0.39 is 0 Å². The zero-order valence-corrected chi connectivity index (χ0v) is 20.8. The standard InChI is InChI=1S/C27H27N3O4S/c1-16-24-18(15-33-3)8-9-19(17(2)31)26(24)35-25(16)27(32)29-23-14-22(30-10-12-34-13-11-30)20-6-4-5-7-21(20)28-23/h4-9,14H,10-13,15H2,1-3H3,(H,28,29,32). The largest absolute Gasteiger partial charge is 0.380 e. The van der Waals surface area contributed by atoms with Gasteiger partial charge in [0, 0.05) is 53.0 Å². The first-order valence-corrected chi connectivity index (χ1v) is 12.4. The van der Waals surface area contributed by atoms with Gasteiger partial charge in [0.15, 0.2) is 5.78 Å². The number of nitrogens with one attached hydrogen (secondary N) is 1. The highest BCUT2D eigenvalue weighted by Gasteiger charge is 2.22. The number of ketones is 1. The molecule has 1 fully saturated rings. The number of nitrogens with zero attached hydrogens (tertiary/aromatic N) is 2. The van der Waals surface area contributed by atoms with Crippen LogP contribution in [0.25, 0.3) is 21.0 Å². The van der Waals surface area contributed by atoms with Crippen LogP contribution < -0.4 is 10.2 Å². The summed E-state index contributed by atoms with van der Waals surface area (Å²) in [5.74, 6) is 0.228. The van der Waals surface area contributed by atoms with E-state index in [1.54, 1.807) is 14.0 Å². The molecule has 1 aliphatic heterocycles. The Bertz CT molecular complexity index is 1440. The SMILES string of the molecule is COCc1ccc(C(C)=O)c2sc(C(=O)Nc3cc(N4CCOCC4)c4ccccc4n3)c(C)c12. The molecule has 3 heterocycles. The van der Waals surface area contributed by atoms with Gasteiger partial charge in [-0.05, 0) is 37.1 Å². The van der Waals surface area contributed by atoms with E-state index in [1.807, 2.05) is 43.3 Å². The van der Waals surface area contributed by atoms with Gasteiger partial charge in [0.2, 0.25) is 0 Å². The van der Waals surface area contributed by atoms with E-state index in [9.17, 15) is 9.59 Å². The number of carbonyl (C=O) groups is 2. The fraction of sp³-hybridized carbons (Fsp3) is 0.296. The molecule has 0 unspecified atom stereocenters. The monoisotopic (exact) mass is 489 g/mol. The van der Waals surface area contributed by atoms with E-state index in [0.717, 1.165) is 50.9 Å². The molecule has 35 heavy (non-hydrogen) atoms. The summed E-state index contributed by atoms with van der Waals surface area (Å²) in [6.45, 7) is 6.78. The third kappa shape index (κ3) is 4.40. The Hall–Kier alpha value is -3.33. The van der Waals surface area contributed by atoms with Crippen molar-refractivity contribution in [2.45, 2.75) is 20.5 Å². The summed E-state index contributed by atoms with van der Waals surface area (Å²) in [5.41, 5.74) is 4.26. The van der Waals surface area contributed by atoms with Gasteiger partial charge in [-0.1, -0.05) is 24.3 Å². The lowest BCUT2D eigenvalue weighted by atomic mass is 10.0. The molecule has 4 aromatic rings. The Morgan fingerprint density at radius 2 is 1.94 bits per heavy atom. The van der Waals surface area contributed by atoms with Crippen LogP contribution >= 0.6 is 11.3 Å². The molecule has 0 saturated carbocycles. The number of aromatic nitrogens is 1. The topological polar surface area (TPSA) is 80.8 Å². The molecule has 1 N–H and O–H groups in total. The zero-order valence-electron chi connectivity index (χ0n) is 20.0. The van der Waals surface area contributed by atoms with E-state index in [4.69, 9.17) is 14.5 Å². The average molecular weight is 490 g/mol. The molecule has 1 saturated heterocycles. The van der Waals surface area contributed by atoms with Crippen LogP contribution in [0.4, 0.5) is 11.5 Å². The molecule has 0 aliphatic carbocycles. The first-order chi connectivity index (χ1) is 17.0. The van der Waals surface area contributed by atoms with Crippen molar-refractivity contribution in [3.8, 4) is 0 Å². The Labute approximate surface area is 207 Å². The number of pyridine rings is 1. The molecule has 0 spiro atoms. The minimum atomic E-state index is -0.239. The number of ether oxygens (including phenoxy) is 2. The average Bonchev–Trinajstić information content (AvgIpc) is 3.22. The van der Waals surface area contributed by atoms with Crippen LogP contribution in [0.5, 0.6) is 0 Å². The number of hydrogen-bond acceptors (Lipinski definition) is 7. The highest BCUT2D eigenvalue weighted by molar-refractivity contribution is 7.21.